The third kappa shape index (κ3) is 8.44. The molecule has 0 bridgehead atoms. The lowest BCUT2D eigenvalue weighted by Crippen LogP contribution is -2.38. The fourth-order valence-electron chi connectivity index (χ4n) is 1.58. The van der Waals surface area contributed by atoms with Crippen LogP contribution in [0.25, 0.3) is 0 Å². The quantitative estimate of drug-likeness (QED) is 0.280. The Kier molecular flexibility index (Phi) is 8.14. The molecule has 106 valence electrons. The third-order valence-electron chi connectivity index (χ3n) is 2.31. The Balaban J connectivity index is 3.74. The summed E-state index contributed by atoms with van der Waals surface area (Å²) in [5, 5.41) is 0. The van der Waals surface area contributed by atoms with Gasteiger partial charge in [0.1, 0.15) is 0 Å². The van der Waals surface area contributed by atoms with E-state index in [9.17, 15) is 4.79 Å². The summed E-state index contributed by atoms with van der Waals surface area (Å²) in [7, 11) is -1.99. The van der Waals surface area contributed by atoms with Crippen molar-refractivity contribution in [2.45, 2.75) is 52.8 Å². The molecule has 0 aromatic rings. The van der Waals surface area contributed by atoms with E-state index in [1.54, 1.807) is 6.92 Å². The van der Waals surface area contributed by atoms with Gasteiger partial charge in [-0.1, -0.05) is 6.58 Å². The van der Waals surface area contributed by atoms with Crippen molar-refractivity contribution >= 4 is 14.5 Å². The summed E-state index contributed by atoms with van der Waals surface area (Å²) >= 11 is 0. The van der Waals surface area contributed by atoms with Crippen molar-refractivity contribution in [1.29, 1.82) is 0 Å². The average molecular weight is 274 g/mol. The maximum atomic E-state index is 11.1. The van der Waals surface area contributed by atoms with Crippen molar-refractivity contribution < 1.29 is 18.4 Å². The monoisotopic (exact) mass is 274 g/mol. The lowest BCUT2D eigenvalue weighted by molar-refractivity contribution is -0.139. The highest BCUT2D eigenvalue weighted by atomic mass is 28.4. The fraction of sp³-hybridized carbons (Fsp3) is 0.769. The second-order valence-corrected chi connectivity index (χ2v) is 8.14. The molecule has 0 aromatic heterocycles. The van der Waals surface area contributed by atoms with Crippen molar-refractivity contribution in [2.75, 3.05) is 13.2 Å². The molecule has 0 aliphatic heterocycles. The molecule has 0 amide bonds. The van der Waals surface area contributed by atoms with Gasteiger partial charge in [-0.3, -0.25) is 0 Å². The number of esters is 1. The highest BCUT2D eigenvalue weighted by Crippen LogP contribution is 2.13. The van der Waals surface area contributed by atoms with Crippen LogP contribution in [0.3, 0.4) is 0 Å². The van der Waals surface area contributed by atoms with Gasteiger partial charge >= 0.3 is 14.5 Å². The molecular formula is C13H26O4Si. The van der Waals surface area contributed by atoms with Crippen LogP contribution in [0.2, 0.25) is 13.1 Å². The summed E-state index contributed by atoms with van der Waals surface area (Å²) in [6.45, 7) is 14.3. The van der Waals surface area contributed by atoms with Crippen LogP contribution in [0.5, 0.6) is 0 Å². The van der Waals surface area contributed by atoms with Crippen molar-refractivity contribution in [3.63, 3.8) is 0 Å². The van der Waals surface area contributed by atoms with Gasteiger partial charge in [0.15, 0.2) is 0 Å². The Morgan fingerprint density at radius 1 is 1.39 bits per heavy atom. The molecule has 0 aromatic carbocycles. The molecule has 0 spiro atoms. The summed E-state index contributed by atoms with van der Waals surface area (Å²) in [5.74, 6) is -0.326. The zero-order chi connectivity index (χ0) is 14.2. The maximum absolute atomic E-state index is 11.1. The van der Waals surface area contributed by atoms with E-state index in [0.717, 1.165) is 12.8 Å². The third-order valence-corrected chi connectivity index (χ3v) is 4.27. The van der Waals surface area contributed by atoms with E-state index in [4.69, 9.17) is 13.6 Å². The van der Waals surface area contributed by atoms with Gasteiger partial charge in [-0.2, -0.15) is 0 Å². The van der Waals surface area contributed by atoms with E-state index in [-0.39, 0.29) is 12.1 Å². The zero-order valence-corrected chi connectivity index (χ0v) is 13.2. The lowest BCUT2D eigenvalue weighted by atomic mass is 10.2. The SMILES string of the molecule is C=C(C)C(=O)OCCCC(C)O[Si](C)(C)OCC. The smallest absolute Gasteiger partial charge is 0.333 e. The highest BCUT2D eigenvalue weighted by Gasteiger charge is 2.26. The second kappa shape index (κ2) is 8.45. The maximum Gasteiger partial charge on any atom is 0.333 e. The summed E-state index contributed by atoms with van der Waals surface area (Å²) in [4.78, 5) is 11.1. The van der Waals surface area contributed by atoms with Crippen LogP contribution in [-0.4, -0.2) is 33.8 Å². The minimum absolute atomic E-state index is 0.127. The zero-order valence-electron chi connectivity index (χ0n) is 12.2. The number of rotatable bonds is 9. The first-order valence-electron chi connectivity index (χ1n) is 6.43. The van der Waals surface area contributed by atoms with Crippen molar-refractivity contribution in [1.82, 2.24) is 0 Å². The van der Waals surface area contributed by atoms with Gasteiger partial charge in [-0.05, 0) is 46.7 Å². The summed E-state index contributed by atoms with van der Waals surface area (Å²) < 4.78 is 16.5. The van der Waals surface area contributed by atoms with E-state index in [1.807, 2.05) is 26.9 Å². The van der Waals surface area contributed by atoms with Gasteiger partial charge in [-0.25, -0.2) is 4.79 Å². The van der Waals surface area contributed by atoms with Crippen LogP contribution >= 0.6 is 0 Å². The number of hydrogen-bond acceptors (Lipinski definition) is 4. The Morgan fingerprint density at radius 3 is 2.50 bits per heavy atom. The minimum Gasteiger partial charge on any atom is -0.462 e. The van der Waals surface area contributed by atoms with Crippen LogP contribution in [0, 0.1) is 0 Å². The van der Waals surface area contributed by atoms with Gasteiger partial charge in [0.05, 0.1) is 6.61 Å². The van der Waals surface area contributed by atoms with Gasteiger partial charge < -0.3 is 13.6 Å². The van der Waals surface area contributed by atoms with E-state index >= 15 is 0 Å². The molecule has 1 unspecified atom stereocenters. The average Bonchev–Trinajstić information content (AvgIpc) is 2.22. The van der Waals surface area contributed by atoms with Crippen molar-refractivity contribution in [2.24, 2.45) is 0 Å². The molecule has 0 saturated heterocycles. The number of carbonyl (C=O) groups is 1. The Hall–Kier alpha value is -0.653. The Bertz CT molecular complexity index is 276. The molecule has 0 rings (SSSR count). The van der Waals surface area contributed by atoms with Gasteiger partial charge in [0.25, 0.3) is 0 Å². The summed E-state index contributed by atoms with van der Waals surface area (Å²) in [5.41, 5.74) is 0.434. The van der Waals surface area contributed by atoms with Crippen LogP contribution in [0.4, 0.5) is 0 Å². The van der Waals surface area contributed by atoms with E-state index < -0.39 is 8.56 Å². The molecule has 0 radical (unpaired) electrons. The standard InChI is InChI=1S/C13H26O4Si/c1-7-16-18(5,6)17-12(4)9-8-10-15-13(14)11(2)3/h12H,2,7-10H2,1,3-6H3. The van der Waals surface area contributed by atoms with Crippen LogP contribution in [0.15, 0.2) is 12.2 Å². The van der Waals surface area contributed by atoms with E-state index in [0.29, 0.717) is 18.8 Å². The predicted octanol–water partition coefficient (Wildman–Crippen LogP) is 3.03. The van der Waals surface area contributed by atoms with E-state index in [2.05, 4.69) is 6.58 Å². The molecule has 0 heterocycles. The van der Waals surface area contributed by atoms with Gasteiger partial charge in [0, 0.05) is 18.3 Å². The molecule has 1 atom stereocenters. The van der Waals surface area contributed by atoms with Gasteiger partial charge in [0.2, 0.25) is 0 Å². The largest absolute Gasteiger partial charge is 0.462 e. The summed E-state index contributed by atoms with van der Waals surface area (Å²) in [6.07, 6.45) is 1.77. The van der Waals surface area contributed by atoms with Crippen molar-refractivity contribution in [3.05, 3.63) is 12.2 Å². The topological polar surface area (TPSA) is 44.8 Å². The van der Waals surface area contributed by atoms with Crippen LogP contribution in [-0.2, 0) is 18.4 Å². The van der Waals surface area contributed by atoms with E-state index in [1.165, 1.54) is 0 Å². The predicted molar refractivity (Wildman–Crippen MR) is 74.7 cm³/mol. The molecule has 0 N–H and O–H groups in total. The first kappa shape index (κ1) is 17.3. The molecule has 5 heteroatoms. The molecule has 0 aliphatic rings. The molecule has 4 nitrogen and oxygen atoms in total. The molecule has 0 aliphatic carbocycles. The normalized spacial score (nSPS) is 13.2. The number of ether oxygens (including phenoxy) is 1. The molecular weight excluding hydrogens is 248 g/mol. The first-order valence-corrected chi connectivity index (χ1v) is 9.24. The van der Waals surface area contributed by atoms with Crippen LogP contribution in [0.1, 0.15) is 33.6 Å². The molecule has 0 fully saturated rings. The second-order valence-electron chi connectivity index (χ2n) is 4.82. The Morgan fingerprint density at radius 2 is 2.00 bits per heavy atom. The number of hydrogen-bond donors (Lipinski definition) is 0. The fourth-order valence-corrected chi connectivity index (χ4v) is 3.43. The first-order chi connectivity index (χ1) is 8.28. The van der Waals surface area contributed by atoms with Crippen LogP contribution < -0.4 is 0 Å². The van der Waals surface area contributed by atoms with Gasteiger partial charge in [-0.15, -0.1) is 0 Å². The number of carbonyl (C=O) groups excluding carboxylic acids is 1. The highest BCUT2D eigenvalue weighted by molar-refractivity contribution is 6.64. The van der Waals surface area contributed by atoms with Crippen molar-refractivity contribution in [3.8, 4) is 0 Å². The summed E-state index contributed by atoms with van der Waals surface area (Å²) in [6, 6.07) is 0. The lowest BCUT2D eigenvalue weighted by Gasteiger charge is -2.26. The molecule has 18 heavy (non-hydrogen) atoms. The molecule has 0 saturated carbocycles. The minimum atomic E-state index is -1.99. The Labute approximate surface area is 112 Å².